The summed E-state index contributed by atoms with van der Waals surface area (Å²) in [4.78, 5) is 58.5. The van der Waals surface area contributed by atoms with Gasteiger partial charge in [0, 0.05) is 6.42 Å². The average Bonchev–Trinajstić information content (AvgIpc) is 2.68. The monoisotopic (exact) mass is 436 g/mol. The van der Waals surface area contributed by atoms with E-state index in [1.807, 2.05) is 0 Å². The molecule has 0 saturated heterocycles. The second-order valence-electron chi connectivity index (χ2n) is 7.55. The average molecular weight is 436 g/mol. The molecule has 1 rings (SSSR count). The van der Waals surface area contributed by atoms with Gasteiger partial charge in [-0.2, -0.15) is 0 Å². The molecule has 11 heteroatoms. The van der Waals surface area contributed by atoms with Crippen molar-refractivity contribution >= 4 is 29.8 Å². The van der Waals surface area contributed by atoms with E-state index in [1.165, 1.54) is 0 Å². The highest BCUT2D eigenvalue weighted by Crippen LogP contribution is 2.06. The molecule has 0 aliphatic heterocycles. The molecular weight excluding hydrogens is 408 g/mol. The van der Waals surface area contributed by atoms with Gasteiger partial charge in [-0.3, -0.25) is 19.2 Å². The highest BCUT2D eigenvalue weighted by atomic mass is 16.6. The predicted molar refractivity (Wildman–Crippen MR) is 110 cm³/mol. The topological polar surface area (TPSA) is 163 Å². The van der Waals surface area contributed by atoms with Crippen molar-refractivity contribution < 1.29 is 33.8 Å². The first kappa shape index (κ1) is 25.4. The number of carboxylic acids is 1. The van der Waals surface area contributed by atoms with Gasteiger partial charge in [-0.15, -0.1) is 0 Å². The van der Waals surface area contributed by atoms with E-state index in [-0.39, 0.29) is 6.42 Å². The lowest BCUT2D eigenvalue weighted by atomic mass is 10.1. The normalized spacial score (nSPS) is 11.6. The number of carbonyl (C=O) groups is 5. The third-order valence-electron chi connectivity index (χ3n) is 3.59. The molecule has 1 aromatic rings. The van der Waals surface area contributed by atoms with E-state index in [1.54, 1.807) is 51.1 Å². The first-order valence-corrected chi connectivity index (χ1v) is 9.52. The summed E-state index contributed by atoms with van der Waals surface area (Å²) in [5.74, 6) is -3.17. The fourth-order valence-electron chi connectivity index (χ4n) is 2.30. The molecular formula is C20H28N4O7. The SMILES string of the molecule is CC(C)(C)OC(=O)NCC(=O)NCC(=O)N[C@H](Cc1ccccc1)C(=O)NCC(=O)O. The minimum Gasteiger partial charge on any atom is -0.480 e. The van der Waals surface area contributed by atoms with Crippen LogP contribution in [0.3, 0.4) is 0 Å². The van der Waals surface area contributed by atoms with Crippen molar-refractivity contribution in [2.75, 3.05) is 19.6 Å². The Morgan fingerprint density at radius 1 is 0.903 bits per heavy atom. The molecule has 0 saturated carbocycles. The van der Waals surface area contributed by atoms with Crippen LogP contribution in [0.25, 0.3) is 0 Å². The van der Waals surface area contributed by atoms with Crippen molar-refractivity contribution in [1.82, 2.24) is 21.3 Å². The molecule has 4 amide bonds. The number of amides is 4. The third-order valence-corrected chi connectivity index (χ3v) is 3.59. The molecule has 0 heterocycles. The molecule has 0 bridgehead atoms. The van der Waals surface area contributed by atoms with Crippen molar-refractivity contribution in [2.24, 2.45) is 0 Å². The summed E-state index contributed by atoms with van der Waals surface area (Å²) < 4.78 is 4.99. The summed E-state index contributed by atoms with van der Waals surface area (Å²) in [6.07, 6.45) is -0.642. The van der Waals surface area contributed by atoms with Crippen LogP contribution in [0.5, 0.6) is 0 Å². The maximum Gasteiger partial charge on any atom is 0.408 e. The minimum absolute atomic E-state index is 0.131. The number of hydrogen-bond donors (Lipinski definition) is 5. The van der Waals surface area contributed by atoms with Gasteiger partial charge in [0.2, 0.25) is 17.7 Å². The minimum atomic E-state index is -1.22. The Morgan fingerprint density at radius 3 is 2.10 bits per heavy atom. The highest BCUT2D eigenvalue weighted by molar-refractivity contribution is 5.92. The van der Waals surface area contributed by atoms with Crippen LogP contribution in [0.15, 0.2) is 30.3 Å². The molecule has 170 valence electrons. The molecule has 0 aliphatic carbocycles. The Bertz CT molecular complexity index is 790. The highest BCUT2D eigenvalue weighted by Gasteiger charge is 2.22. The van der Waals surface area contributed by atoms with Gasteiger partial charge in [-0.1, -0.05) is 30.3 Å². The standard InChI is InChI=1S/C20H28N4O7/c1-20(2,3)31-19(30)23-10-15(25)21-11-16(26)24-14(18(29)22-12-17(27)28)9-13-7-5-4-6-8-13/h4-8,14H,9-12H2,1-3H3,(H,21,25)(H,22,29)(H,23,30)(H,24,26)(H,27,28)/t14-/m1/s1. The molecule has 1 atom stereocenters. The number of alkyl carbamates (subject to hydrolysis) is 1. The van der Waals surface area contributed by atoms with E-state index < -0.39 is 61.1 Å². The van der Waals surface area contributed by atoms with Crippen LogP contribution in [0.2, 0.25) is 0 Å². The Hall–Kier alpha value is -3.63. The number of ether oxygens (including phenoxy) is 1. The van der Waals surface area contributed by atoms with Crippen LogP contribution in [0, 0.1) is 0 Å². The molecule has 31 heavy (non-hydrogen) atoms. The fourth-order valence-corrected chi connectivity index (χ4v) is 2.30. The van der Waals surface area contributed by atoms with E-state index in [9.17, 15) is 24.0 Å². The molecule has 0 aliphatic rings. The lowest BCUT2D eigenvalue weighted by molar-refractivity contribution is -0.138. The van der Waals surface area contributed by atoms with Gasteiger partial charge in [0.25, 0.3) is 0 Å². The first-order valence-electron chi connectivity index (χ1n) is 9.52. The van der Waals surface area contributed by atoms with Gasteiger partial charge < -0.3 is 31.1 Å². The molecule has 5 N–H and O–H groups in total. The van der Waals surface area contributed by atoms with E-state index in [2.05, 4.69) is 21.3 Å². The van der Waals surface area contributed by atoms with E-state index in [4.69, 9.17) is 9.84 Å². The molecule has 0 aromatic heterocycles. The Kier molecular flexibility index (Phi) is 9.96. The molecule has 0 radical (unpaired) electrons. The second kappa shape index (κ2) is 12.2. The number of aliphatic carboxylic acids is 1. The Morgan fingerprint density at radius 2 is 1.52 bits per heavy atom. The number of rotatable bonds is 10. The molecule has 1 aromatic carbocycles. The maximum absolute atomic E-state index is 12.3. The predicted octanol–water partition coefficient (Wildman–Crippen LogP) is -0.444. The van der Waals surface area contributed by atoms with Gasteiger partial charge in [0.05, 0.1) is 6.54 Å². The van der Waals surface area contributed by atoms with E-state index >= 15 is 0 Å². The number of nitrogens with one attached hydrogen (secondary N) is 4. The van der Waals surface area contributed by atoms with Crippen LogP contribution in [0.4, 0.5) is 4.79 Å². The zero-order valence-corrected chi connectivity index (χ0v) is 17.7. The summed E-state index contributed by atoms with van der Waals surface area (Å²) >= 11 is 0. The summed E-state index contributed by atoms with van der Waals surface area (Å²) in [7, 11) is 0. The Labute approximate surface area is 179 Å². The van der Waals surface area contributed by atoms with Crippen molar-refractivity contribution in [2.45, 2.75) is 38.8 Å². The number of benzene rings is 1. The quantitative estimate of drug-likeness (QED) is 0.332. The largest absolute Gasteiger partial charge is 0.480 e. The molecule has 11 nitrogen and oxygen atoms in total. The van der Waals surface area contributed by atoms with Crippen molar-refractivity contribution in [1.29, 1.82) is 0 Å². The van der Waals surface area contributed by atoms with Crippen LogP contribution >= 0.6 is 0 Å². The smallest absolute Gasteiger partial charge is 0.408 e. The van der Waals surface area contributed by atoms with Gasteiger partial charge in [-0.05, 0) is 26.3 Å². The first-order chi connectivity index (χ1) is 14.5. The zero-order valence-electron chi connectivity index (χ0n) is 17.7. The third kappa shape index (κ3) is 11.8. The van der Waals surface area contributed by atoms with Gasteiger partial charge in [-0.25, -0.2) is 4.79 Å². The molecule has 0 unspecified atom stereocenters. The van der Waals surface area contributed by atoms with Crippen molar-refractivity contribution in [3.63, 3.8) is 0 Å². The number of carbonyl (C=O) groups excluding carboxylic acids is 4. The summed E-state index contributed by atoms with van der Waals surface area (Å²) in [6, 6.07) is 7.80. The van der Waals surface area contributed by atoms with Gasteiger partial charge in [0.15, 0.2) is 0 Å². The lowest BCUT2D eigenvalue weighted by Gasteiger charge is -2.20. The zero-order chi connectivity index (χ0) is 23.4. The van der Waals surface area contributed by atoms with E-state index in [0.29, 0.717) is 0 Å². The van der Waals surface area contributed by atoms with Crippen LogP contribution in [-0.2, 0) is 30.3 Å². The maximum atomic E-state index is 12.3. The van der Waals surface area contributed by atoms with Crippen LogP contribution in [0.1, 0.15) is 26.3 Å². The van der Waals surface area contributed by atoms with Crippen LogP contribution in [-0.4, -0.2) is 66.2 Å². The van der Waals surface area contributed by atoms with Gasteiger partial charge >= 0.3 is 12.1 Å². The second-order valence-corrected chi connectivity index (χ2v) is 7.55. The molecule has 0 fully saturated rings. The van der Waals surface area contributed by atoms with Crippen LogP contribution < -0.4 is 21.3 Å². The Balaban J connectivity index is 2.55. The number of carboxylic acid groups (broad SMARTS) is 1. The summed E-state index contributed by atoms with van der Waals surface area (Å²) in [5, 5.41) is 18.0. The van der Waals surface area contributed by atoms with E-state index in [0.717, 1.165) is 5.56 Å². The van der Waals surface area contributed by atoms with Crippen molar-refractivity contribution in [3.8, 4) is 0 Å². The summed E-state index contributed by atoms with van der Waals surface area (Å²) in [6.45, 7) is 3.61. The lowest BCUT2D eigenvalue weighted by Crippen LogP contribution is -2.51. The number of hydrogen-bond acceptors (Lipinski definition) is 6. The van der Waals surface area contributed by atoms with Crippen molar-refractivity contribution in [3.05, 3.63) is 35.9 Å². The molecule has 0 spiro atoms. The summed E-state index contributed by atoms with van der Waals surface area (Å²) in [5.41, 5.74) is 0.0407. The fraction of sp³-hybridized carbons (Fsp3) is 0.450. The van der Waals surface area contributed by atoms with Gasteiger partial charge in [0.1, 0.15) is 24.7 Å².